The summed E-state index contributed by atoms with van der Waals surface area (Å²) in [4.78, 5) is 48.1. The lowest BCUT2D eigenvalue weighted by Gasteiger charge is -2.21. The minimum absolute atomic E-state index is 0.306. The molecule has 1 aliphatic rings. The summed E-state index contributed by atoms with van der Waals surface area (Å²) in [5, 5.41) is 3.31. The van der Waals surface area contributed by atoms with Crippen molar-refractivity contribution in [1.29, 1.82) is 0 Å². The standard InChI is InChI=1S/C21H22N4O5/c1-21(12-11-14-5-3-2-4-6-14)19(28)25(20(29)23-21)24-17(26)13-30-16-9-7-15(8-10-16)18(22)27/h2-10H,11-13H2,1H3,(H2,22,27)(H,23,29)(H,24,26)/t21-/m0/s1. The number of urea groups is 1. The Morgan fingerprint density at radius 3 is 2.40 bits per heavy atom. The zero-order chi connectivity index (χ0) is 21.7. The zero-order valence-corrected chi connectivity index (χ0v) is 16.4. The number of aryl methyl sites for hydroxylation is 1. The van der Waals surface area contributed by atoms with E-state index in [1.54, 1.807) is 6.92 Å². The number of nitrogens with zero attached hydrogens (tertiary/aromatic N) is 1. The van der Waals surface area contributed by atoms with Crippen LogP contribution < -0.4 is 21.2 Å². The minimum Gasteiger partial charge on any atom is -0.484 e. The topological polar surface area (TPSA) is 131 Å². The van der Waals surface area contributed by atoms with E-state index in [2.05, 4.69) is 10.7 Å². The van der Waals surface area contributed by atoms with Crippen molar-refractivity contribution in [3.05, 3.63) is 65.7 Å². The minimum atomic E-state index is -1.12. The van der Waals surface area contributed by atoms with Crippen molar-refractivity contribution < 1.29 is 23.9 Å². The Bertz CT molecular complexity index is 961. The summed E-state index contributed by atoms with van der Waals surface area (Å²) >= 11 is 0. The summed E-state index contributed by atoms with van der Waals surface area (Å²) in [5.41, 5.74) is 7.65. The summed E-state index contributed by atoms with van der Waals surface area (Å²) in [6.45, 7) is 1.20. The highest BCUT2D eigenvalue weighted by Gasteiger charge is 2.48. The normalized spacial score (nSPS) is 18.1. The molecule has 0 bridgehead atoms. The van der Waals surface area contributed by atoms with Gasteiger partial charge in [-0.25, -0.2) is 4.79 Å². The second kappa shape index (κ2) is 8.64. The van der Waals surface area contributed by atoms with Crippen LogP contribution >= 0.6 is 0 Å². The first kappa shape index (κ1) is 20.8. The van der Waals surface area contributed by atoms with E-state index >= 15 is 0 Å². The smallest absolute Gasteiger partial charge is 0.344 e. The first-order valence-corrected chi connectivity index (χ1v) is 9.31. The first-order valence-electron chi connectivity index (χ1n) is 9.31. The number of hydrogen-bond acceptors (Lipinski definition) is 5. The maximum absolute atomic E-state index is 12.7. The van der Waals surface area contributed by atoms with Crippen LogP contribution in [0, 0.1) is 0 Å². The monoisotopic (exact) mass is 410 g/mol. The number of ether oxygens (including phenoxy) is 1. The summed E-state index contributed by atoms with van der Waals surface area (Å²) < 4.78 is 5.31. The molecule has 1 heterocycles. The fraction of sp³-hybridized carbons (Fsp3) is 0.238. The van der Waals surface area contributed by atoms with Crippen LogP contribution in [0.4, 0.5) is 4.79 Å². The van der Waals surface area contributed by atoms with Crippen molar-refractivity contribution in [3.8, 4) is 5.75 Å². The molecule has 0 unspecified atom stereocenters. The molecule has 0 aliphatic carbocycles. The number of nitrogens with one attached hydrogen (secondary N) is 2. The van der Waals surface area contributed by atoms with Crippen LogP contribution in [-0.2, 0) is 16.0 Å². The molecule has 9 heteroatoms. The Kier molecular flexibility index (Phi) is 6.01. The van der Waals surface area contributed by atoms with Gasteiger partial charge in [0, 0.05) is 5.56 Å². The summed E-state index contributed by atoms with van der Waals surface area (Å²) in [6, 6.07) is 14.8. The van der Waals surface area contributed by atoms with Gasteiger partial charge < -0.3 is 15.8 Å². The van der Waals surface area contributed by atoms with Gasteiger partial charge in [-0.2, -0.15) is 5.01 Å². The lowest BCUT2D eigenvalue weighted by Crippen LogP contribution is -2.50. The molecule has 0 saturated carbocycles. The molecule has 1 fully saturated rings. The van der Waals surface area contributed by atoms with Gasteiger partial charge in [0.25, 0.3) is 11.8 Å². The number of imide groups is 1. The highest BCUT2D eigenvalue weighted by molar-refractivity contribution is 6.07. The zero-order valence-electron chi connectivity index (χ0n) is 16.4. The summed E-state index contributed by atoms with van der Waals surface area (Å²) in [6.07, 6.45) is 0.978. The molecule has 2 aromatic carbocycles. The van der Waals surface area contributed by atoms with E-state index in [0.29, 0.717) is 29.2 Å². The molecule has 2 aromatic rings. The van der Waals surface area contributed by atoms with E-state index in [4.69, 9.17) is 10.5 Å². The van der Waals surface area contributed by atoms with Gasteiger partial charge in [-0.15, -0.1) is 0 Å². The van der Waals surface area contributed by atoms with Gasteiger partial charge in [-0.1, -0.05) is 30.3 Å². The number of rotatable bonds is 8. The second-order valence-electron chi connectivity index (χ2n) is 7.10. The van der Waals surface area contributed by atoms with Gasteiger partial charge in [0.05, 0.1) is 0 Å². The van der Waals surface area contributed by atoms with Crippen LogP contribution in [0.3, 0.4) is 0 Å². The van der Waals surface area contributed by atoms with Crippen molar-refractivity contribution in [2.75, 3.05) is 6.61 Å². The van der Waals surface area contributed by atoms with Gasteiger partial charge in [0.1, 0.15) is 11.3 Å². The van der Waals surface area contributed by atoms with Crippen molar-refractivity contribution in [1.82, 2.24) is 15.8 Å². The maximum atomic E-state index is 12.7. The number of carbonyl (C=O) groups is 4. The highest BCUT2D eigenvalue weighted by atomic mass is 16.5. The molecule has 1 aliphatic heterocycles. The van der Waals surface area contributed by atoms with Gasteiger partial charge in [0.2, 0.25) is 5.91 Å². The Morgan fingerprint density at radius 2 is 1.77 bits per heavy atom. The van der Waals surface area contributed by atoms with Crippen molar-refractivity contribution in [3.63, 3.8) is 0 Å². The van der Waals surface area contributed by atoms with Gasteiger partial charge in [0.15, 0.2) is 6.61 Å². The quantitative estimate of drug-likeness (QED) is 0.562. The molecule has 30 heavy (non-hydrogen) atoms. The van der Waals surface area contributed by atoms with E-state index in [9.17, 15) is 19.2 Å². The van der Waals surface area contributed by atoms with E-state index in [0.717, 1.165) is 5.56 Å². The van der Waals surface area contributed by atoms with Crippen LogP contribution in [0.2, 0.25) is 0 Å². The number of carbonyl (C=O) groups excluding carboxylic acids is 4. The van der Waals surface area contributed by atoms with Crippen molar-refractivity contribution in [2.24, 2.45) is 5.73 Å². The largest absolute Gasteiger partial charge is 0.484 e. The molecule has 5 amide bonds. The molecule has 1 atom stereocenters. The van der Waals surface area contributed by atoms with E-state index in [1.807, 2.05) is 30.3 Å². The number of nitrogens with two attached hydrogens (primary N) is 1. The van der Waals surface area contributed by atoms with E-state index < -0.39 is 35.9 Å². The van der Waals surface area contributed by atoms with Crippen LogP contribution in [0.15, 0.2) is 54.6 Å². The fourth-order valence-electron chi connectivity index (χ4n) is 3.02. The Morgan fingerprint density at radius 1 is 1.10 bits per heavy atom. The number of amides is 5. The fourth-order valence-corrected chi connectivity index (χ4v) is 3.02. The third kappa shape index (κ3) is 4.75. The van der Waals surface area contributed by atoms with Crippen LogP contribution in [0.25, 0.3) is 0 Å². The van der Waals surface area contributed by atoms with Crippen LogP contribution in [0.5, 0.6) is 5.75 Å². The average Bonchev–Trinajstić information content (AvgIpc) is 2.95. The summed E-state index contributed by atoms with van der Waals surface area (Å²) in [7, 11) is 0. The highest BCUT2D eigenvalue weighted by Crippen LogP contribution is 2.22. The van der Waals surface area contributed by atoms with Crippen LogP contribution in [0.1, 0.15) is 29.3 Å². The molecule has 3 rings (SSSR count). The maximum Gasteiger partial charge on any atom is 0.344 e. The second-order valence-corrected chi connectivity index (χ2v) is 7.10. The Hall–Kier alpha value is -3.88. The molecule has 4 N–H and O–H groups in total. The lowest BCUT2D eigenvalue weighted by molar-refractivity contribution is -0.139. The van der Waals surface area contributed by atoms with Gasteiger partial charge >= 0.3 is 6.03 Å². The molecular formula is C21H22N4O5. The van der Waals surface area contributed by atoms with E-state index in [-0.39, 0.29) is 0 Å². The summed E-state index contributed by atoms with van der Waals surface area (Å²) in [5.74, 6) is -1.46. The van der Waals surface area contributed by atoms with Gasteiger partial charge in [-0.05, 0) is 49.6 Å². The number of benzene rings is 2. The molecular weight excluding hydrogens is 388 g/mol. The molecule has 1 saturated heterocycles. The van der Waals surface area contributed by atoms with Crippen LogP contribution in [-0.4, -0.2) is 40.9 Å². The first-order chi connectivity index (χ1) is 14.3. The molecule has 156 valence electrons. The number of hydrogen-bond donors (Lipinski definition) is 3. The Labute approximate surface area is 173 Å². The average molecular weight is 410 g/mol. The number of hydrazine groups is 1. The van der Waals surface area contributed by atoms with Gasteiger partial charge in [-0.3, -0.25) is 19.8 Å². The molecule has 0 spiro atoms. The van der Waals surface area contributed by atoms with E-state index in [1.165, 1.54) is 24.3 Å². The van der Waals surface area contributed by atoms with Crippen molar-refractivity contribution in [2.45, 2.75) is 25.3 Å². The third-order valence-electron chi connectivity index (χ3n) is 4.76. The molecule has 9 nitrogen and oxygen atoms in total. The van der Waals surface area contributed by atoms with Crippen molar-refractivity contribution >= 4 is 23.8 Å². The molecule has 0 radical (unpaired) electrons. The third-order valence-corrected chi connectivity index (χ3v) is 4.76. The SMILES string of the molecule is C[C@@]1(CCc2ccccc2)NC(=O)N(NC(=O)COc2ccc(C(N)=O)cc2)C1=O. The predicted octanol–water partition coefficient (Wildman–Crippen LogP) is 1.14. The number of primary amides is 1. The Balaban J connectivity index is 1.54. The predicted molar refractivity (Wildman–Crippen MR) is 107 cm³/mol. The molecule has 0 aromatic heterocycles. The lowest BCUT2D eigenvalue weighted by atomic mass is 9.93.